The molecule has 3 rings (SSSR count). The van der Waals surface area contributed by atoms with Crippen LogP contribution in [-0.4, -0.2) is 17.8 Å². The maximum Gasteiger partial charge on any atom is 0.264 e. The topological polar surface area (TPSA) is 63.5 Å². The first kappa shape index (κ1) is 12.6. The Morgan fingerprint density at radius 2 is 1.85 bits per heavy atom. The van der Waals surface area contributed by atoms with Gasteiger partial charge in [0.1, 0.15) is 5.82 Å². The van der Waals surface area contributed by atoms with Crippen molar-refractivity contribution < 1.29 is 12.8 Å². The van der Waals surface area contributed by atoms with Crippen LogP contribution in [0.15, 0.2) is 59.8 Å². The van der Waals surface area contributed by atoms with Gasteiger partial charge >= 0.3 is 0 Å². The Labute approximate surface area is 114 Å². The van der Waals surface area contributed by atoms with Crippen LogP contribution in [0, 0.1) is 5.82 Å². The van der Waals surface area contributed by atoms with Gasteiger partial charge in [-0.2, -0.15) is 0 Å². The van der Waals surface area contributed by atoms with E-state index in [4.69, 9.17) is 0 Å². The number of imidazole rings is 1. The molecule has 1 N–H and O–H groups in total. The predicted octanol–water partition coefficient (Wildman–Crippen LogP) is 2.27. The molecule has 3 aromatic rings. The summed E-state index contributed by atoms with van der Waals surface area (Å²) in [6.45, 7) is 0. The Morgan fingerprint density at radius 1 is 1.10 bits per heavy atom. The number of anilines is 1. The average molecular weight is 291 g/mol. The van der Waals surface area contributed by atoms with Crippen molar-refractivity contribution >= 4 is 21.5 Å². The highest BCUT2D eigenvalue weighted by molar-refractivity contribution is 7.92. The van der Waals surface area contributed by atoms with Crippen molar-refractivity contribution in [3.8, 4) is 0 Å². The number of aromatic nitrogens is 2. The zero-order valence-corrected chi connectivity index (χ0v) is 11.0. The zero-order valence-electron chi connectivity index (χ0n) is 10.2. The van der Waals surface area contributed by atoms with Crippen LogP contribution in [0.1, 0.15) is 0 Å². The molecule has 0 aliphatic carbocycles. The predicted molar refractivity (Wildman–Crippen MR) is 72.4 cm³/mol. The molecule has 0 spiro atoms. The minimum absolute atomic E-state index is 0.0217. The Balaban J connectivity index is 1.99. The number of hydrogen-bond donors (Lipinski definition) is 1. The van der Waals surface area contributed by atoms with E-state index in [1.54, 1.807) is 22.9 Å². The van der Waals surface area contributed by atoms with Crippen molar-refractivity contribution in [3.63, 3.8) is 0 Å². The lowest BCUT2D eigenvalue weighted by Gasteiger charge is -2.06. The molecule has 0 atom stereocenters. The van der Waals surface area contributed by atoms with Crippen LogP contribution in [-0.2, 0) is 10.0 Å². The van der Waals surface area contributed by atoms with Crippen LogP contribution >= 0.6 is 0 Å². The first-order valence-corrected chi connectivity index (χ1v) is 7.25. The van der Waals surface area contributed by atoms with Gasteiger partial charge in [-0.05, 0) is 36.4 Å². The summed E-state index contributed by atoms with van der Waals surface area (Å²) in [6.07, 6.45) is 3.26. The van der Waals surface area contributed by atoms with Gasteiger partial charge in [0.25, 0.3) is 10.0 Å². The lowest BCUT2D eigenvalue weighted by molar-refractivity contribution is 0.599. The van der Waals surface area contributed by atoms with Crippen molar-refractivity contribution in [2.45, 2.75) is 4.90 Å². The van der Waals surface area contributed by atoms with Gasteiger partial charge in [-0.1, -0.05) is 6.07 Å². The molecule has 0 radical (unpaired) electrons. The summed E-state index contributed by atoms with van der Waals surface area (Å²) in [6, 6.07) is 10.00. The number of hydrogen-bond acceptors (Lipinski definition) is 3. The van der Waals surface area contributed by atoms with E-state index in [1.807, 2.05) is 12.1 Å². The lowest BCUT2D eigenvalue weighted by atomic mass is 10.4. The minimum Gasteiger partial charge on any atom is -0.285 e. The highest BCUT2D eigenvalue weighted by Gasteiger charge is 2.16. The summed E-state index contributed by atoms with van der Waals surface area (Å²) < 4.78 is 41.2. The van der Waals surface area contributed by atoms with Gasteiger partial charge in [-0.25, -0.2) is 22.5 Å². The van der Waals surface area contributed by atoms with Gasteiger partial charge in [-0.15, -0.1) is 0 Å². The molecule has 2 aromatic heterocycles. The fourth-order valence-corrected chi connectivity index (χ4v) is 2.82. The van der Waals surface area contributed by atoms with E-state index in [0.717, 1.165) is 17.6 Å². The number of benzene rings is 1. The van der Waals surface area contributed by atoms with E-state index in [-0.39, 0.29) is 10.8 Å². The van der Waals surface area contributed by atoms with E-state index in [2.05, 4.69) is 9.71 Å². The van der Waals surface area contributed by atoms with Crippen LogP contribution in [0.4, 0.5) is 10.3 Å². The number of halogens is 1. The van der Waals surface area contributed by atoms with Gasteiger partial charge in [0.05, 0.1) is 16.6 Å². The molecule has 5 nitrogen and oxygen atoms in total. The standard InChI is InChI=1S/C13H10FN3O2S/c14-10-4-6-12(7-5-10)20(18,19)16-13-15-9-11-3-1-2-8-17(11)13/h1-9H,(H,15,16). The highest BCUT2D eigenvalue weighted by atomic mass is 32.2. The summed E-state index contributed by atoms with van der Waals surface area (Å²) in [4.78, 5) is 4.00. The van der Waals surface area contributed by atoms with Crippen molar-refractivity contribution in [3.05, 3.63) is 60.7 Å². The van der Waals surface area contributed by atoms with Gasteiger partial charge in [0.15, 0.2) is 0 Å². The summed E-state index contributed by atoms with van der Waals surface area (Å²) >= 11 is 0. The molecule has 0 bridgehead atoms. The van der Waals surface area contributed by atoms with Crippen LogP contribution in [0.3, 0.4) is 0 Å². The molecule has 102 valence electrons. The molecule has 0 amide bonds. The van der Waals surface area contributed by atoms with Crippen molar-refractivity contribution in [1.82, 2.24) is 9.38 Å². The van der Waals surface area contributed by atoms with Gasteiger partial charge in [-0.3, -0.25) is 4.40 Å². The Morgan fingerprint density at radius 3 is 2.60 bits per heavy atom. The van der Waals surface area contributed by atoms with Crippen LogP contribution < -0.4 is 4.72 Å². The van der Waals surface area contributed by atoms with E-state index >= 15 is 0 Å². The fraction of sp³-hybridized carbons (Fsp3) is 0. The van der Waals surface area contributed by atoms with E-state index < -0.39 is 15.8 Å². The molecule has 0 saturated carbocycles. The SMILES string of the molecule is O=S(=O)(Nc1ncc2ccccn12)c1ccc(F)cc1. The third-order valence-electron chi connectivity index (χ3n) is 2.79. The second-order valence-electron chi connectivity index (χ2n) is 4.14. The molecular formula is C13H10FN3O2S. The molecule has 7 heteroatoms. The second kappa shape index (κ2) is 4.61. The summed E-state index contributed by atoms with van der Waals surface area (Å²) in [7, 11) is -3.79. The van der Waals surface area contributed by atoms with E-state index in [1.165, 1.54) is 12.1 Å². The fourth-order valence-electron chi connectivity index (χ4n) is 1.81. The Bertz CT molecular complexity index is 857. The molecule has 20 heavy (non-hydrogen) atoms. The largest absolute Gasteiger partial charge is 0.285 e. The van der Waals surface area contributed by atoms with Gasteiger partial charge in [0, 0.05) is 6.20 Å². The van der Waals surface area contributed by atoms with Crippen LogP contribution in [0.2, 0.25) is 0 Å². The summed E-state index contributed by atoms with van der Waals surface area (Å²) in [5, 5.41) is 0. The normalized spacial score (nSPS) is 11.7. The number of pyridine rings is 1. The van der Waals surface area contributed by atoms with Crippen molar-refractivity contribution in [2.75, 3.05) is 4.72 Å². The molecule has 0 aliphatic rings. The van der Waals surface area contributed by atoms with Gasteiger partial charge < -0.3 is 0 Å². The monoisotopic (exact) mass is 291 g/mol. The Kier molecular flexibility index (Phi) is 2.90. The number of rotatable bonds is 3. The average Bonchev–Trinajstić information content (AvgIpc) is 2.82. The number of fused-ring (bicyclic) bond motifs is 1. The highest BCUT2D eigenvalue weighted by Crippen LogP contribution is 2.16. The summed E-state index contributed by atoms with van der Waals surface area (Å²) in [5.41, 5.74) is 0.768. The maximum atomic E-state index is 12.8. The van der Waals surface area contributed by atoms with Crippen LogP contribution in [0.5, 0.6) is 0 Å². The quantitative estimate of drug-likeness (QED) is 0.805. The second-order valence-corrected chi connectivity index (χ2v) is 5.82. The molecule has 2 heterocycles. The van der Waals surface area contributed by atoms with Gasteiger partial charge in [0.2, 0.25) is 5.95 Å². The number of sulfonamides is 1. The Hall–Kier alpha value is -2.41. The third kappa shape index (κ3) is 2.23. The summed E-state index contributed by atoms with van der Waals surface area (Å²) in [5.74, 6) is -0.305. The molecule has 0 aliphatic heterocycles. The van der Waals surface area contributed by atoms with E-state index in [9.17, 15) is 12.8 Å². The molecule has 0 fully saturated rings. The molecule has 1 aromatic carbocycles. The number of nitrogens with one attached hydrogen (secondary N) is 1. The molecular weight excluding hydrogens is 281 g/mol. The van der Waals surface area contributed by atoms with Crippen LogP contribution in [0.25, 0.3) is 5.52 Å². The first-order valence-electron chi connectivity index (χ1n) is 5.77. The van der Waals surface area contributed by atoms with Crippen molar-refractivity contribution in [1.29, 1.82) is 0 Å². The van der Waals surface area contributed by atoms with Crippen molar-refractivity contribution in [2.24, 2.45) is 0 Å². The first-order chi connectivity index (χ1) is 9.56. The van der Waals surface area contributed by atoms with E-state index in [0.29, 0.717) is 0 Å². The minimum atomic E-state index is -3.79. The lowest BCUT2D eigenvalue weighted by Crippen LogP contribution is -2.15. The smallest absolute Gasteiger partial charge is 0.264 e. The third-order valence-corrected chi connectivity index (χ3v) is 4.13. The molecule has 0 unspecified atom stereocenters. The zero-order chi connectivity index (χ0) is 14.2. The molecule has 0 saturated heterocycles. The number of nitrogens with zero attached hydrogens (tertiary/aromatic N) is 2. The maximum absolute atomic E-state index is 12.8.